The fourth-order valence-corrected chi connectivity index (χ4v) is 91.8. The Morgan fingerprint density at radius 1 is 0.529 bits per heavy atom. The highest BCUT2D eigenvalue weighted by atomic mass is 29.9. The van der Waals surface area contributed by atoms with E-state index >= 15 is 0 Å². The van der Waals surface area contributed by atoms with Gasteiger partial charge in [-0.1, -0.05) is 6.55 Å². The van der Waals surface area contributed by atoms with Crippen LogP contribution >= 0.6 is 0 Å². The van der Waals surface area contributed by atoms with E-state index in [1.807, 2.05) is 0 Å². The molecule has 0 aliphatic rings. The van der Waals surface area contributed by atoms with Gasteiger partial charge in [0.1, 0.15) is 38.1 Å². The minimum absolute atomic E-state index is 0.853. The molecular formula is C7H30O3Si7. The van der Waals surface area contributed by atoms with Crippen LogP contribution in [0.5, 0.6) is 0 Å². The van der Waals surface area contributed by atoms with Crippen LogP contribution in [0, 0.1) is 0 Å². The van der Waals surface area contributed by atoms with Crippen LogP contribution in [0.1, 0.15) is 0 Å². The zero-order valence-electron chi connectivity index (χ0n) is 13.2. The SMILES string of the molecule is C[Si](C)(O[SiH3])[Si](C)([Si](C)(C)O[SiH3])[Si](C)(C)O[SiH3]. The van der Waals surface area contributed by atoms with Crippen molar-refractivity contribution in [3.63, 3.8) is 0 Å². The fourth-order valence-electron chi connectivity index (χ4n) is 2.79. The second-order valence-electron chi connectivity index (χ2n) is 6.27. The minimum atomic E-state index is -1.63. The molecule has 0 spiro atoms. The third-order valence-corrected chi connectivity index (χ3v) is 84.3. The van der Waals surface area contributed by atoms with Gasteiger partial charge in [-0.15, -0.1) is 0 Å². The van der Waals surface area contributed by atoms with Crippen LogP contribution in [0.3, 0.4) is 0 Å². The molecule has 0 fully saturated rings. The first-order valence-electron chi connectivity index (χ1n) is 6.09. The standard InChI is InChI=1S/C7H30O3Si7/c1-14(2,8-11)17(7,15(3,4)9-12)16(5,6)10-13/h1-7,11-13H3. The molecule has 0 aliphatic heterocycles. The highest BCUT2D eigenvalue weighted by Crippen LogP contribution is 2.37. The molecule has 0 radical (unpaired) electrons. The van der Waals surface area contributed by atoms with Crippen molar-refractivity contribution < 1.29 is 12.3 Å². The Kier molecular flexibility index (Phi) is 6.28. The number of hydrogen-bond donors (Lipinski definition) is 0. The van der Waals surface area contributed by atoms with Crippen molar-refractivity contribution in [1.82, 2.24) is 0 Å². The Bertz CT molecular complexity index is 227. The van der Waals surface area contributed by atoms with Crippen LogP contribution in [0.15, 0.2) is 0 Å². The monoisotopic (exact) mass is 358 g/mol. The smallest absolute Gasteiger partial charge is 0.160 e. The van der Waals surface area contributed by atoms with Gasteiger partial charge in [0.15, 0.2) is 23.5 Å². The largest absolute Gasteiger partial charge is 0.466 e. The molecule has 0 aliphatic carbocycles. The molecule has 0 N–H and O–H groups in total. The molecular weight excluding hydrogens is 329 g/mol. The highest BCUT2D eigenvalue weighted by Gasteiger charge is 2.66. The second-order valence-corrected chi connectivity index (χ2v) is 46.8. The third-order valence-electron chi connectivity index (χ3n) is 5.14. The van der Waals surface area contributed by atoms with Crippen molar-refractivity contribution in [3.05, 3.63) is 0 Å². The van der Waals surface area contributed by atoms with E-state index in [4.69, 9.17) is 12.3 Å². The Balaban J connectivity index is 5.88. The maximum absolute atomic E-state index is 6.16. The third kappa shape index (κ3) is 2.95. The van der Waals surface area contributed by atoms with Gasteiger partial charge < -0.3 is 12.3 Å². The maximum Gasteiger partial charge on any atom is 0.160 e. The molecule has 3 nitrogen and oxygen atoms in total. The summed E-state index contributed by atoms with van der Waals surface area (Å²) in [6.45, 7) is 15.5. The van der Waals surface area contributed by atoms with Crippen molar-refractivity contribution in [2.24, 2.45) is 0 Å². The van der Waals surface area contributed by atoms with E-state index in [0.29, 0.717) is 0 Å². The summed E-state index contributed by atoms with van der Waals surface area (Å²) in [5, 5.41) is 0. The fraction of sp³-hybridized carbons (Fsp3) is 1.00. The van der Waals surface area contributed by atoms with E-state index in [1.54, 1.807) is 0 Å². The van der Waals surface area contributed by atoms with Crippen LogP contribution in [0.2, 0.25) is 45.8 Å². The van der Waals surface area contributed by atoms with Crippen molar-refractivity contribution in [2.45, 2.75) is 45.8 Å². The van der Waals surface area contributed by atoms with E-state index in [-0.39, 0.29) is 0 Å². The van der Waals surface area contributed by atoms with Crippen LogP contribution in [-0.4, -0.2) is 61.6 Å². The van der Waals surface area contributed by atoms with Crippen LogP contribution in [0.25, 0.3) is 0 Å². The molecule has 0 aromatic carbocycles. The van der Waals surface area contributed by atoms with Crippen LogP contribution in [-0.2, 0) is 12.3 Å². The van der Waals surface area contributed by atoms with Crippen LogP contribution in [0.4, 0.5) is 0 Å². The zero-order valence-corrected chi connectivity index (χ0v) is 23.2. The molecule has 17 heavy (non-hydrogen) atoms. The Morgan fingerprint density at radius 2 is 0.706 bits per heavy atom. The summed E-state index contributed by atoms with van der Waals surface area (Å²) in [5.41, 5.74) is 0. The van der Waals surface area contributed by atoms with Crippen molar-refractivity contribution >= 4 is 61.6 Å². The van der Waals surface area contributed by atoms with E-state index in [9.17, 15) is 0 Å². The van der Waals surface area contributed by atoms with E-state index in [1.165, 1.54) is 0 Å². The van der Waals surface area contributed by atoms with Gasteiger partial charge in [-0.3, -0.25) is 0 Å². The Hall–Kier alpha value is 1.40. The maximum atomic E-state index is 6.16. The number of rotatable bonds is 6. The number of hydrogen-bond acceptors (Lipinski definition) is 3. The predicted molar refractivity (Wildman–Crippen MR) is 97.1 cm³/mol. The molecule has 0 amide bonds. The molecule has 0 unspecified atom stereocenters. The summed E-state index contributed by atoms with van der Waals surface area (Å²) >= 11 is 0. The molecule has 0 heterocycles. The van der Waals surface area contributed by atoms with Crippen molar-refractivity contribution in [1.29, 1.82) is 0 Å². The summed E-state index contributed by atoms with van der Waals surface area (Å²) in [7, 11) is -2.32. The predicted octanol–water partition coefficient (Wildman–Crippen LogP) is -1.19. The molecule has 0 aromatic rings. The van der Waals surface area contributed by atoms with E-state index < -0.39 is 30.1 Å². The molecule has 0 bridgehead atoms. The van der Waals surface area contributed by atoms with E-state index in [2.05, 4.69) is 45.8 Å². The lowest BCUT2D eigenvalue weighted by molar-refractivity contribution is 0.610. The molecule has 0 rings (SSSR count). The molecule has 0 atom stereocenters. The normalized spacial score (nSPS) is 18.5. The highest BCUT2D eigenvalue weighted by molar-refractivity contribution is 7.87. The average molecular weight is 359 g/mol. The summed E-state index contributed by atoms with van der Waals surface area (Å²) < 4.78 is 18.5. The van der Waals surface area contributed by atoms with Gasteiger partial charge in [-0.25, -0.2) is 0 Å². The quantitative estimate of drug-likeness (QED) is 0.559. The van der Waals surface area contributed by atoms with Gasteiger partial charge in [-0.05, 0) is 39.3 Å². The minimum Gasteiger partial charge on any atom is -0.466 e. The summed E-state index contributed by atoms with van der Waals surface area (Å²) in [6, 6.07) is 0. The van der Waals surface area contributed by atoms with Gasteiger partial charge in [0, 0.05) is 0 Å². The van der Waals surface area contributed by atoms with Gasteiger partial charge in [0.2, 0.25) is 0 Å². The van der Waals surface area contributed by atoms with Gasteiger partial charge in [0.25, 0.3) is 0 Å². The van der Waals surface area contributed by atoms with E-state index in [0.717, 1.165) is 31.5 Å². The lowest BCUT2D eigenvalue weighted by Gasteiger charge is -2.55. The van der Waals surface area contributed by atoms with Crippen LogP contribution < -0.4 is 0 Å². The molecule has 10 heteroatoms. The van der Waals surface area contributed by atoms with Gasteiger partial charge >= 0.3 is 0 Å². The van der Waals surface area contributed by atoms with Gasteiger partial charge in [-0.2, -0.15) is 0 Å². The topological polar surface area (TPSA) is 27.7 Å². The van der Waals surface area contributed by atoms with Gasteiger partial charge in [0.05, 0.1) is 0 Å². The van der Waals surface area contributed by atoms with Crippen molar-refractivity contribution in [3.8, 4) is 0 Å². The summed E-state index contributed by atoms with van der Waals surface area (Å²) in [4.78, 5) is 0. The Morgan fingerprint density at radius 3 is 0.824 bits per heavy atom. The lowest BCUT2D eigenvalue weighted by atomic mass is 11.9. The summed E-state index contributed by atoms with van der Waals surface area (Å²) in [6.07, 6.45) is 0. The Labute approximate surface area is 119 Å². The first kappa shape index (κ1) is 18.4. The first-order chi connectivity index (χ1) is 7.43. The second kappa shape index (κ2) is 5.80. The lowest BCUT2D eigenvalue weighted by Crippen LogP contribution is -2.85. The molecule has 0 saturated heterocycles. The first-order valence-corrected chi connectivity index (χ1v) is 22.8. The molecule has 0 saturated carbocycles. The zero-order chi connectivity index (χ0) is 14.1. The molecule has 104 valence electrons. The molecule has 0 aromatic heterocycles. The van der Waals surface area contributed by atoms with Crippen molar-refractivity contribution in [2.75, 3.05) is 0 Å². The summed E-state index contributed by atoms with van der Waals surface area (Å²) in [5.74, 6) is 0. The average Bonchev–Trinajstić information content (AvgIpc) is 2.27.